The van der Waals surface area contributed by atoms with Crippen LogP contribution in [0.15, 0.2) is 52.9 Å². The van der Waals surface area contributed by atoms with E-state index >= 15 is 0 Å². The number of amides is 1. The van der Waals surface area contributed by atoms with E-state index < -0.39 is 5.25 Å². The van der Waals surface area contributed by atoms with Gasteiger partial charge in [0.15, 0.2) is 5.16 Å². The maximum Gasteiger partial charge on any atom is 0.251 e. The van der Waals surface area contributed by atoms with Crippen LogP contribution in [0.2, 0.25) is 0 Å². The summed E-state index contributed by atoms with van der Waals surface area (Å²) in [5, 5.41) is 7.06. The van der Waals surface area contributed by atoms with E-state index in [4.69, 9.17) is 0 Å². The molecule has 8 nitrogen and oxygen atoms in total. The number of aromatic nitrogens is 5. The fraction of sp³-hybridized carbons (Fsp3) is 0.235. The zero-order chi connectivity index (χ0) is 18.5. The number of para-hydroxylation sites is 1. The molecular weight excluding hydrogens is 352 g/mol. The minimum atomic E-state index is -0.404. The summed E-state index contributed by atoms with van der Waals surface area (Å²) in [4.78, 5) is 34.7. The summed E-state index contributed by atoms with van der Waals surface area (Å²) in [6.45, 7) is 3.87. The standard InChI is InChI=1S/C17H18N6O2S/c1-11-7-15(24)22-17(21-11)26-12(2)16(25)19-8-13-5-3-4-6-14(13)23-10-18-9-20-23/h3-7,9-10,12H,8H2,1-2H3,(H,19,25)(H,21,22,24)/t12-/m1/s1. The maximum absolute atomic E-state index is 12.4. The molecule has 1 aromatic carbocycles. The van der Waals surface area contributed by atoms with Gasteiger partial charge in [-0.2, -0.15) is 5.10 Å². The van der Waals surface area contributed by atoms with Crippen molar-refractivity contribution in [1.29, 1.82) is 0 Å². The van der Waals surface area contributed by atoms with Gasteiger partial charge in [-0.25, -0.2) is 14.6 Å². The number of thioether (sulfide) groups is 1. The predicted octanol–water partition coefficient (Wildman–Crippen LogP) is 1.46. The molecule has 1 amide bonds. The summed E-state index contributed by atoms with van der Waals surface area (Å²) in [7, 11) is 0. The number of rotatable bonds is 6. The number of hydrogen-bond donors (Lipinski definition) is 2. The minimum Gasteiger partial charge on any atom is -0.351 e. The topological polar surface area (TPSA) is 106 Å². The third-order valence-electron chi connectivity index (χ3n) is 3.62. The third kappa shape index (κ3) is 4.37. The van der Waals surface area contributed by atoms with Gasteiger partial charge in [-0.3, -0.25) is 9.59 Å². The van der Waals surface area contributed by atoms with Gasteiger partial charge in [-0.05, 0) is 25.5 Å². The lowest BCUT2D eigenvalue weighted by Gasteiger charge is -2.13. The normalized spacial score (nSPS) is 11.9. The molecule has 3 aromatic rings. The summed E-state index contributed by atoms with van der Waals surface area (Å²) in [6, 6.07) is 9.06. The van der Waals surface area contributed by atoms with Crippen molar-refractivity contribution in [1.82, 2.24) is 30.0 Å². The summed E-state index contributed by atoms with van der Waals surface area (Å²) >= 11 is 1.21. The van der Waals surface area contributed by atoms with Gasteiger partial charge >= 0.3 is 0 Å². The smallest absolute Gasteiger partial charge is 0.251 e. The molecule has 3 rings (SSSR count). The van der Waals surface area contributed by atoms with Crippen LogP contribution in [0.4, 0.5) is 0 Å². The number of hydrogen-bond acceptors (Lipinski definition) is 6. The number of nitrogens with one attached hydrogen (secondary N) is 2. The highest BCUT2D eigenvalue weighted by molar-refractivity contribution is 8.00. The van der Waals surface area contributed by atoms with Gasteiger partial charge in [0.2, 0.25) is 5.91 Å². The highest BCUT2D eigenvalue weighted by Gasteiger charge is 2.16. The second-order valence-electron chi connectivity index (χ2n) is 5.64. The molecule has 0 aliphatic carbocycles. The summed E-state index contributed by atoms with van der Waals surface area (Å²) in [5.41, 5.74) is 2.17. The molecule has 0 spiro atoms. The van der Waals surface area contributed by atoms with Gasteiger partial charge in [0.1, 0.15) is 12.7 Å². The monoisotopic (exact) mass is 370 g/mol. The van der Waals surface area contributed by atoms with E-state index in [1.54, 1.807) is 24.9 Å². The van der Waals surface area contributed by atoms with Gasteiger partial charge < -0.3 is 10.3 Å². The van der Waals surface area contributed by atoms with Crippen molar-refractivity contribution in [2.45, 2.75) is 30.8 Å². The Morgan fingerprint density at radius 2 is 2.19 bits per heavy atom. The number of aryl methyl sites for hydroxylation is 1. The molecule has 2 aromatic heterocycles. The van der Waals surface area contributed by atoms with Crippen LogP contribution in [-0.4, -0.2) is 35.9 Å². The van der Waals surface area contributed by atoms with Crippen LogP contribution in [0.1, 0.15) is 18.2 Å². The molecule has 9 heteroatoms. The largest absolute Gasteiger partial charge is 0.351 e. The summed E-state index contributed by atoms with van der Waals surface area (Å²) in [5.74, 6) is -0.146. The van der Waals surface area contributed by atoms with Gasteiger partial charge in [-0.15, -0.1) is 0 Å². The number of carbonyl (C=O) groups excluding carboxylic acids is 1. The highest BCUT2D eigenvalue weighted by atomic mass is 32.2. The molecule has 0 fully saturated rings. The maximum atomic E-state index is 12.4. The number of nitrogens with zero attached hydrogens (tertiary/aromatic N) is 4. The molecule has 0 saturated carbocycles. The Bertz CT molecular complexity index is 954. The Kier molecular flexibility index (Phi) is 5.47. The Morgan fingerprint density at radius 1 is 1.38 bits per heavy atom. The predicted molar refractivity (Wildman–Crippen MR) is 98.1 cm³/mol. The Hall–Kier alpha value is -2.94. The first-order valence-corrected chi connectivity index (χ1v) is 8.86. The van der Waals surface area contributed by atoms with Crippen molar-refractivity contribution in [3.05, 3.63) is 64.6 Å². The highest BCUT2D eigenvalue weighted by Crippen LogP contribution is 2.19. The average molecular weight is 370 g/mol. The molecular formula is C17H18N6O2S. The Labute approximate surface area is 154 Å². The number of H-pyrrole nitrogens is 1. The van der Waals surface area contributed by atoms with E-state index in [-0.39, 0.29) is 11.5 Å². The minimum absolute atomic E-state index is 0.146. The van der Waals surface area contributed by atoms with Crippen molar-refractivity contribution in [3.8, 4) is 5.69 Å². The Balaban J connectivity index is 1.65. The zero-order valence-electron chi connectivity index (χ0n) is 14.3. The van der Waals surface area contributed by atoms with Gasteiger partial charge in [0.05, 0.1) is 10.9 Å². The molecule has 0 bridgehead atoms. The van der Waals surface area contributed by atoms with E-state index in [9.17, 15) is 9.59 Å². The van der Waals surface area contributed by atoms with Crippen molar-refractivity contribution < 1.29 is 4.79 Å². The third-order valence-corrected chi connectivity index (χ3v) is 4.60. The lowest BCUT2D eigenvalue weighted by atomic mass is 10.2. The van der Waals surface area contributed by atoms with Crippen LogP contribution in [-0.2, 0) is 11.3 Å². The number of carbonyl (C=O) groups is 1. The van der Waals surface area contributed by atoms with Gasteiger partial charge in [0.25, 0.3) is 5.56 Å². The van der Waals surface area contributed by atoms with Crippen LogP contribution >= 0.6 is 11.8 Å². The van der Waals surface area contributed by atoms with E-state index in [0.717, 1.165) is 11.3 Å². The summed E-state index contributed by atoms with van der Waals surface area (Å²) in [6.07, 6.45) is 3.07. The molecule has 134 valence electrons. The summed E-state index contributed by atoms with van der Waals surface area (Å²) < 4.78 is 1.65. The molecule has 0 saturated heterocycles. The van der Waals surface area contributed by atoms with Crippen LogP contribution in [0.5, 0.6) is 0 Å². The van der Waals surface area contributed by atoms with Crippen LogP contribution in [0.3, 0.4) is 0 Å². The first-order valence-electron chi connectivity index (χ1n) is 7.98. The molecule has 2 N–H and O–H groups in total. The van der Waals surface area contributed by atoms with Crippen LogP contribution < -0.4 is 10.9 Å². The van der Waals surface area contributed by atoms with Crippen molar-refractivity contribution in [3.63, 3.8) is 0 Å². The van der Waals surface area contributed by atoms with Gasteiger partial charge in [0, 0.05) is 18.3 Å². The van der Waals surface area contributed by atoms with E-state index in [1.807, 2.05) is 24.3 Å². The second-order valence-corrected chi connectivity index (χ2v) is 6.97. The quantitative estimate of drug-likeness (QED) is 0.503. The average Bonchev–Trinajstić information content (AvgIpc) is 3.13. The molecule has 0 unspecified atom stereocenters. The van der Waals surface area contributed by atoms with Crippen LogP contribution in [0.25, 0.3) is 5.69 Å². The second kappa shape index (κ2) is 7.96. The SMILES string of the molecule is Cc1cc(=O)[nH]c(S[C@H](C)C(=O)NCc2ccccc2-n2cncn2)n1. The van der Waals surface area contributed by atoms with Crippen molar-refractivity contribution in [2.75, 3.05) is 0 Å². The first kappa shape index (κ1) is 17.9. The molecule has 0 radical (unpaired) electrons. The molecule has 0 aliphatic heterocycles. The first-order chi connectivity index (χ1) is 12.5. The molecule has 1 atom stereocenters. The van der Waals surface area contributed by atoms with Crippen LogP contribution in [0, 0.1) is 6.92 Å². The van der Waals surface area contributed by atoms with E-state index in [2.05, 4.69) is 25.4 Å². The lowest BCUT2D eigenvalue weighted by Crippen LogP contribution is -2.31. The lowest BCUT2D eigenvalue weighted by molar-refractivity contribution is -0.120. The van der Waals surface area contributed by atoms with Crippen molar-refractivity contribution in [2.24, 2.45) is 0 Å². The van der Waals surface area contributed by atoms with Gasteiger partial charge in [-0.1, -0.05) is 30.0 Å². The number of aromatic amines is 1. The van der Waals surface area contributed by atoms with E-state index in [1.165, 1.54) is 24.2 Å². The fourth-order valence-corrected chi connectivity index (χ4v) is 3.25. The fourth-order valence-electron chi connectivity index (χ4n) is 2.37. The Morgan fingerprint density at radius 3 is 2.92 bits per heavy atom. The zero-order valence-corrected chi connectivity index (χ0v) is 15.2. The molecule has 0 aliphatic rings. The van der Waals surface area contributed by atoms with E-state index in [0.29, 0.717) is 17.4 Å². The van der Waals surface area contributed by atoms with Crippen molar-refractivity contribution >= 4 is 17.7 Å². The molecule has 26 heavy (non-hydrogen) atoms. The number of benzene rings is 1. The molecule has 2 heterocycles.